The van der Waals surface area contributed by atoms with Crippen LogP contribution in [-0.4, -0.2) is 25.5 Å². The zero-order valence-corrected chi connectivity index (χ0v) is 14.1. The Balaban J connectivity index is 1.61. The number of methoxy groups -OCH3 is 1. The van der Waals surface area contributed by atoms with E-state index in [9.17, 15) is 9.59 Å². The highest BCUT2D eigenvalue weighted by Crippen LogP contribution is 2.22. The number of ether oxygens (including phenoxy) is 1. The van der Waals surface area contributed by atoms with Crippen molar-refractivity contribution in [2.75, 3.05) is 23.9 Å². The van der Waals surface area contributed by atoms with Crippen molar-refractivity contribution in [2.24, 2.45) is 0 Å². The molecule has 0 radical (unpaired) electrons. The van der Waals surface area contributed by atoms with E-state index in [4.69, 9.17) is 4.74 Å². The largest absolute Gasteiger partial charge is 0.497 e. The smallest absolute Gasteiger partial charge is 0.248 e. The van der Waals surface area contributed by atoms with E-state index in [0.717, 1.165) is 24.2 Å². The number of hydrogen-bond donors (Lipinski definition) is 1. The Labute approximate surface area is 146 Å². The third-order valence-corrected chi connectivity index (χ3v) is 4.04. The van der Waals surface area contributed by atoms with Gasteiger partial charge in [0.2, 0.25) is 11.8 Å². The second-order valence-electron chi connectivity index (χ2n) is 5.80. The minimum atomic E-state index is -0.216. The summed E-state index contributed by atoms with van der Waals surface area (Å²) in [6.07, 6.45) is 4.75. The van der Waals surface area contributed by atoms with Crippen LogP contribution in [0.15, 0.2) is 54.6 Å². The molecule has 128 valence electrons. The molecule has 1 aliphatic rings. The second kappa shape index (κ2) is 7.66. The van der Waals surface area contributed by atoms with Crippen molar-refractivity contribution >= 4 is 29.3 Å². The van der Waals surface area contributed by atoms with Gasteiger partial charge in [0.1, 0.15) is 5.75 Å². The SMILES string of the molecule is COc1cccc(NC(=O)/C=C/c2ccc(N3CCCC3=O)cc2)c1. The van der Waals surface area contributed by atoms with Gasteiger partial charge in [-0.25, -0.2) is 0 Å². The Morgan fingerprint density at radius 2 is 2.00 bits per heavy atom. The standard InChI is InChI=1S/C20H20N2O3/c1-25-18-5-2-4-16(14-18)21-19(23)12-9-15-7-10-17(11-8-15)22-13-3-6-20(22)24/h2,4-5,7-12,14H,3,6,13H2,1H3,(H,21,23)/b12-9+. The van der Waals surface area contributed by atoms with E-state index in [0.29, 0.717) is 17.9 Å². The molecule has 0 saturated carbocycles. The normalized spacial score (nSPS) is 14.1. The number of carbonyl (C=O) groups is 2. The predicted molar refractivity (Wildman–Crippen MR) is 98.7 cm³/mol. The van der Waals surface area contributed by atoms with Crippen LogP contribution in [0.5, 0.6) is 5.75 Å². The van der Waals surface area contributed by atoms with Gasteiger partial charge < -0.3 is 15.0 Å². The molecule has 2 aromatic rings. The summed E-state index contributed by atoms with van der Waals surface area (Å²) in [7, 11) is 1.58. The lowest BCUT2D eigenvalue weighted by molar-refractivity contribution is -0.117. The maximum atomic E-state index is 12.0. The van der Waals surface area contributed by atoms with Gasteiger partial charge in [-0.1, -0.05) is 18.2 Å². The summed E-state index contributed by atoms with van der Waals surface area (Å²) >= 11 is 0. The number of anilines is 2. The van der Waals surface area contributed by atoms with Crippen molar-refractivity contribution < 1.29 is 14.3 Å². The first-order valence-electron chi connectivity index (χ1n) is 8.19. The molecule has 2 aromatic carbocycles. The topological polar surface area (TPSA) is 58.6 Å². The molecule has 2 amide bonds. The van der Waals surface area contributed by atoms with Crippen molar-refractivity contribution in [1.29, 1.82) is 0 Å². The average molecular weight is 336 g/mol. The first-order chi connectivity index (χ1) is 12.2. The number of nitrogens with one attached hydrogen (secondary N) is 1. The van der Waals surface area contributed by atoms with Gasteiger partial charge in [-0.15, -0.1) is 0 Å². The lowest BCUT2D eigenvalue weighted by Gasteiger charge is -2.15. The summed E-state index contributed by atoms with van der Waals surface area (Å²) < 4.78 is 5.13. The van der Waals surface area contributed by atoms with Gasteiger partial charge in [-0.05, 0) is 42.3 Å². The van der Waals surface area contributed by atoms with E-state index < -0.39 is 0 Å². The molecule has 5 heteroatoms. The Bertz CT molecular complexity index is 797. The molecule has 1 heterocycles. The average Bonchev–Trinajstić information content (AvgIpc) is 3.06. The van der Waals surface area contributed by atoms with E-state index in [1.165, 1.54) is 6.08 Å². The fourth-order valence-corrected chi connectivity index (χ4v) is 2.74. The van der Waals surface area contributed by atoms with Crippen molar-refractivity contribution in [2.45, 2.75) is 12.8 Å². The van der Waals surface area contributed by atoms with Crippen LogP contribution in [0.4, 0.5) is 11.4 Å². The van der Waals surface area contributed by atoms with Crippen LogP contribution in [0, 0.1) is 0 Å². The quantitative estimate of drug-likeness (QED) is 0.851. The number of amides is 2. The summed E-state index contributed by atoms with van der Waals surface area (Å²) in [6.45, 7) is 0.775. The highest BCUT2D eigenvalue weighted by Gasteiger charge is 2.21. The van der Waals surface area contributed by atoms with E-state index in [-0.39, 0.29) is 11.8 Å². The molecule has 1 saturated heterocycles. The number of hydrogen-bond acceptors (Lipinski definition) is 3. The number of rotatable bonds is 5. The molecule has 1 fully saturated rings. The van der Waals surface area contributed by atoms with Gasteiger partial charge in [0.25, 0.3) is 0 Å². The third-order valence-electron chi connectivity index (χ3n) is 4.04. The van der Waals surface area contributed by atoms with Gasteiger partial charge in [0.05, 0.1) is 7.11 Å². The van der Waals surface area contributed by atoms with Gasteiger partial charge in [0.15, 0.2) is 0 Å². The van der Waals surface area contributed by atoms with Crippen LogP contribution in [-0.2, 0) is 9.59 Å². The minimum absolute atomic E-state index is 0.168. The Kier molecular flexibility index (Phi) is 5.14. The lowest BCUT2D eigenvalue weighted by Crippen LogP contribution is -2.23. The molecule has 0 bridgehead atoms. The van der Waals surface area contributed by atoms with Crippen LogP contribution in [0.1, 0.15) is 18.4 Å². The van der Waals surface area contributed by atoms with E-state index >= 15 is 0 Å². The first kappa shape index (κ1) is 16.8. The van der Waals surface area contributed by atoms with Crippen molar-refractivity contribution in [1.82, 2.24) is 0 Å². The molecular weight excluding hydrogens is 316 g/mol. The van der Waals surface area contributed by atoms with Crippen molar-refractivity contribution in [3.05, 3.63) is 60.2 Å². The maximum absolute atomic E-state index is 12.0. The molecule has 0 atom stereocenters. The van der Waals surface area contributed by atoms with Crippen LogP contribution in [0.2, 0.25) is 0 Å². The van der Waals surface area contributed by atoms with Crippen molar-refractivity contribution in [3.63, 3.8) is 0 Å². The van der Waals surface area contributed by atoms with Gasteiger partial charge in [-0.2, -0.15) is 0 Å². The maximum Gasteiger partial charge on any atom is 0.248 e. The molecule has 1 N–H and O–H groups in total. The van der Waals surface area contributed by atoms with Crippen molar-refractivity contribution in [3.8, 4) is 5.75 Å². The van der Waals surface area contributed by atoms with E-state index in [1.807, 2.05) is 36.4 Å². The molecule has 0 unspecified atom stereocenters. The van der Waals surface area contributed by atoms with Crippen LogP contribution >= 0.6 is 0 Å². The fraction of sp³-hybridized carbons (Fsp3) is 0.200. The summed E-state index contributed by atoms with van der Waals surface area (Å²) in [5.74, 6) is 0.641. The highest BCUT2D eigenvalue weighted by molar-refractivity contribution is 6.02. The minimum Gasteiger partial charge on any atom is -0.497 e. The monoisotopic (exact) mass is 336 g/mol. The van der Waals surface area contributed by atoms with Gasteiger partial charge in [0, 0.05) is 36.5 Å². The Hall–Kier alpha value is -3.08. The Morgan fingerprint density at radius 1 is 1.20 bits per heavy atom. The lowest BCUT2D eigenvalue weighted by atomic mass is 10.2. The van der Waals surface area contributed by atoms with E-state index in [1.54, 1.807) is 30.2 Å². The van der Waals surface area contributed by atoms with Crippen LogP contribution in [0.25, 0.3) is 6.08 Å². The molecule has 0 aromatic heterocycles. The van der Waals surface area contributed by atoms with Gasteiger partial charge >= 0.3 is 0 Å². The predicted octanol–water partition coefficient (Wildman–Crippen LogP) is 3.47. The number of nitrogens with zero attached hydrogens (tertiary/aromatic N) is 1. The van der Waals surface area contributed by atoms with Gasteiger partial charge in [-0.3, -0.25) is 9.59 Å². The molecule has 5 nitrogen and oxygen atoms in total. The summed E-state index contributed by atoms with van der Waals surface area (Å²) in [5.41, 5.74) is 2.48. The molecule has 0 spiro atoms. The molecule has 3 rings (SSSR count). The molecule has 1 aliphatic heterocycles. The van der Waals surface area contributed by atoms with E-state index in [2.05, 4.69) is 5.32 Å². The number of carbonyl (C=O) groups excluding carboxylic acids is 2. The third kappa shape index (κ3) is 4.26. The van der Waals surface area contributed by atoms with Crippen LogP contribution in [0.3, 0.4) is 0 Å². The Morgan fingerprint density at radius 3 is 2.68 bits per heavy atom. The first-order valence-corrected chi connectivity index (χ1v) is 8.19. The summed E-state index contributed by atoms with van der Waals surface area (Å²) in [4.78, 5) is 25.6. The zero-order valence-electron chi connectivity index (χ0n) is 14.1. The molecule has 0 aliphatic carbocycles. The zero-order chi connectivity index (χ0) is 17.6. The highest BCUT2D eigenvalue weighted by atomic mass is 16.5. The number of benzene rings is 2. The second-order valence-corrected chi connectivity index (χ2v) is 5.80. The summed E-state index contributed by atoms with van der Waals surface area (Å²) in [5, 5.41) is 2.79. The summed E-state index contributed by atoms with van der Waals surface area (Å²) in [6, 6.07) is 14.8. The molecular formula is C20H20N2O3. The molecule has 25 heavy (non-hydrogen) atoms. The van der Waals surface area contributed by atoms with Crippen LogP contribution < -0.4 is 15.0 Å². The fourth-order valence-electron chi connectivity index (χ4n) is 2.74.